The van der Waals surface area contributed by atoms with Crippen LogP contribution in [0.25, 0.3) is 0 Å². The molecule has 0 bridgehead atoms. The normalized spacial score (nSPS) is 13.1. The molecule has 0 saturated heterocycles. The number of nitrogen functional groups attached to an aromatic ring is 1. The first kappa shape index (κ1) is 14.3. The van der Waals surface area contributed by atoms with Gasteiger partial charge < -0.3 is 15.2 Å². The Kier molecular flexibility index (Phi) is 3.86. The highest BCUT2D eigenvalue weighted by molar-refractivity contribution is 7.98. The van der Waals surface area contributed by atoms with Crippen LogP contribution in [-0.4, -0.2) is 21.6 Å². The Morgan fingerprint density at radius 1 is 1.38 bits per heavy atom. The molecule has 8 heteroatoms. The van der Waals surface area contributed by atoms with Crippen LogP contribution in [-0.2, 0) is 5.75 Å². The lowest BCUT2D eigenvalue weighted by molar-refractivity contribution is 0.174. The van der Waals surface area contributed by atoms with Crippen molar-refractivity contribution in [2.24, 2.45) is 0 Å². The fourth-order valence-electron chi connectivity index (χ4n) is 2.12. The van der Waals surface area contributed by atoms with Crippen LogP contribution in [0.3, 0.4) is 0 Å². The van der Waals surface area contributed by atoms with Crippen LogP contribution >= 0.6 is 23.4 Å². The van der Waals surface area contributed by atoms with Crippen molar-refractivity contribution in [3.63, 3.8) is 0 Å². The smallest absolute Gasteiger partial charge is 0.231 e. The molecule has 6 nitrogen and oxygen atoms in total. The van der Waals surface area contributed by atoms with Crippen molar-refractivity contribution < 1.29 is 9.47 Å². The largest absolute Gasteiger partial charge is 0.454 e. The number of thioether (sulfide) groups is 1. The number of hydrogen-bond acceptors (Lipinski definition) is 6. The third-order valence-electron chi connectivity index (χ3n) is 3.06. The van der Waals surface area contributed by atoms with E-state index in [1.807, 2.05) is 30.5 Å². The molecule has 3 rings (SSSR count). The quantitative estimate of drug-likeness (QED) is 0.870. The fourth-order valence-corrected chi connectivity index (χ4v) is 3.42. The number of benzene rings is 1. The van der Waals surface area contributed by atoms with E-state index in [0.29, 0.717) is 28.2 Å². The van der Waals surface area contributed by atoms with Gasteiger partial charge >= 0.3 is 0 Å². The van der Waals surface area contributed by atoms with E-state index >= 15 is 0 Å². The summed E-state index contributed by atoms with van der Waals surface area (Å²) in [5.41, 5.74) is 6.86. The zero-order valence-electron chi connectivity index (χ0n) is 11.7. The maximum absolute atomic E-state index is 6.17. The number of rotatable bonds is 4. The van der Waals surface area contributed by atoms with E-state index < -0.39 is 0 Å². The standard InChI is InChI=1S/C13H15ClN4O2S/c1-7(2)18-12(15)16-17-13(18)21-5-8-3-9(14)11-10(4-8)19-6-20-11/h3-4,7H,5-6H2,1-2H3,(H2,15,16). The van der Waals surface area contributed by atoms with Gasteiger partial charge in [0.15, 0.2) is 16.7 Å². The summed E-state index contributed by atoms with van der Waals surface area (Å²) in [4.78, 5) is 0. The number of halogens is 1. The fraction of sp³-hybridized carbons (Fsp3) is 0.385. The highest BCUT2D eigenvalue weighted by Gasteiger charge is 2.19. The van der Waals surface area contributed by atoms with Gasteiger partial charge in [0, 0.05) is 11.8 Å². The summed E-state index contributed by atoms with van der Waals surface area (Å²) in [5.74, 6) is 2.42. The molecule has 1 aliphatic rings. The lowest BCUT2D eigenvalue weighted by Gasteiger charge is -2.11. The SMILES string of the molecule is CC(C)n1c(N)nnc1SCc1cc(Cl)c2c(c1)OCO2. The van der Waals surface area contributed by atoms with Crippen LogP contribution in [0.15, 0.2) is 17.3 Å². The highest BCUT2D eigenvalue weighted by Crippen LogP contribution is 2.40. The van der Waals surface area contributed by atoms with Crippen molar-refractivity contribution in [1.82, 2.24) is 14.8 Å². The molecule has 2 heterocycles. The molecule has 1 aromatic heterocycles. The average molecular weight is 327 g/mol. The Morgan fingerprint density at radius 3 is 2.95 bits per heavy atom. The maximum Gasteiger partial charge on any atom is 0.231 e. The van der Waals surface area contributed by atoms with Gasteiger partial charge in [0.25, 0.3) is 0 Å². The molecule has 0 radical (unpaired) electrons. The molecule has 1 aliphatic heterocycles. The van der Waals surface area contributed by atoms with E-state index in [1.54, 1.807) is 11.8 Å². The Bertz CT molecular complexity index is 674. The van der Waals surface area contributed by atoms with Gasteiger partial charge in [-0.15, -0.1) is 10.2 Å². The number of nitrogens with two attached hydrogens (primary N) is 1. The first-order chi connectivity index (χ1) is 10.1. The number of anilines is 1. The van der Waals surface area contributed by atoms with Crippen molar-refractivity contribution in [1.29, 1.82) is 0 Å². The lowest BCUT2D eigenvalue weighted by atomic mass is 10.2. The summed E-state index contributed by atoms with van der Waals surface area (Å²) < 4.78 is 12.6. The Hall–Kier alpha value is -1.60. The summed E-state index contributed by atoms with van der Waals surface area (Å²) in [6.07, 6.45) is 0. The van der Waals surface area contributed by atoms with Crippen LogP contribution in [0.1, 0.15) is 25.5 Å². The molecule has 0 amide bonds. The molecule has 0 atom stereocenters. The minimum Gasteiger partial charge on any atom is -0.454 e. The van der Waals surface area contributed by atoms with Gasteiger partial charge in [0.2, 0.25) is 12.7 Å². The van der Waals surface area contributed by atoms with Crippen LogP contribution in [0, 0.1) is 0 Å². The molecule has 2 aromatic rings. The Balaban J connectivity index is 1.78. The van der Waals surface area contributed by atoms with Gasteiger partial charge in [-0.25, -0.2) is 0 Å². The number of aromatic nitrogens is 3. The molecule has 0 spiro atoms. The van der Waals surface area contributed by atoms with Gasteiger partial charge in [0.05, 0.1) is 5.02 Å². The topological polar surface area (TPSA) is 75.2 Å². The molecule has 0 aliphatic carbocycles. The van der Waals surface area contributed by atoms with Crippen LogP contribution < -0.4 is 15.2 Å². The van der Waals surface area contributed by atoms with Gasteiger partial charge in [-0.05, 0) is 31.5 Å². The van der Waals surface area contributed by atoms with E-state index in [-0.39, 0.29) is 12.8 Å². The third kappa shape index (κ3) is 2.75. The first-order valence-corrected chi connectivity index (χ1v) is 7.84. The van der Waals surface area contributed by atoms with E-state index in [0.717, 1.165) is 10.7 Å². The molecular formula is C13H15ClN4O2S. The second-order valence-electron chi connectivity index (χ2n) is 4.90. The number of ether oxygens (including phenoxy) is 2. The molecule has 0 saturated carbocycles. The Labute approximate surface area is 131 Å². The van der Waals surface area contributed by atoms with E-state index in [2.05, 4.69) is 10.2 Å². The van der Waals surface area contributed by atoms with Crippen LogP contribution in [0.4, 0.5) is 5.95 Å². The summed E-state index contributed by atoms with van der Waals surface area (Å²) in [5, 5.41) is 9.38. The maximum atomic E-state index is 6.17. The van der Waals surface area contributed by atoms with Crippen molar-refractivity contribution in [3.05, 3.63) is 22.7 Å². The highest BCUT2D eigenvalue weighted by atomic mass is 35.5. The molecular weight excluding hydrogens is 312 g/mol. The second kappa shape index (κ2) is 5.65. The molecule has 0 fully saturated rings. The van der Waals surface area contributed by atoms with E-state index in [1.165, 1.54) is 0 Å². The summed E-state index contributed by atoms with van der Waals surface area (Å²) in [6.45, 7) is 4.30. The Morgan fingerprint density at radius 2 is 2.19 bits per heavy atom. The molecule has 1 aromatic carbocycles. The van der Waals surface area contributed by atoms with Gasteiger partial charge in [-0.2, -0.15) is 0 Å². The lowest BCUT2D eigenvalue weighted by Crippen LogP contribution is -2.07. The predicted molar refractivity (Wildman–Crippen MR) is 82.0 cm³/mol. The van der Waals surface area contributed by atoms with Crippen LogP contribution in [0.5, 0.6) is 11.5 Å². The van der Waals surface area contributed by atoms with Gasteiger partial charge in [-0.3, -0.25) is 4.57 Å². The summed E-state index contributed by atoms with van der Waals surface area (Å²) in [7, 11) is 0. The van der Waals surface area contributed by atoms with E-state index in [4.69, 9.17) is 26.8 Å². The van der Waals surface area contributed by atoms with Crippen molar-refractivity contribution >= 4 is 29.3 Å². The van der Waals surface area contributed by atoms with E-state index in [9.17, 15) is 0 Å². The van der Waals surface area contributed by atoms with Crippen molar-refractivity contribution in [2.45, 2.75) is 30.8 Å². The summed E-state index contributed by atoms with van der Waals surface area (Å²) >= 11 is 7.73. The zero-order chi connectivity index (χ0) is 15.0. The monoisotopic (exact) mass is 326 g/mol. The molecule has 21 heavy (non-hydrogen) atoms. The molecule has 0 unspecified atom stereocenters. The van der Waals surface area contributed by atoms with Gasteiger partial charge in [-0.1, -0.05) is 23.4 Å². The number of fused-ring (bicyclic) bond motifs is 1. The average Bonchev–Trinajstić information content (AvgIpc) is 3.02. The minimum atomic E-state index is 0.211. The third-order valence-corrected chi connectivity index (χ3v) is 4.36. The minimum absolute atomic E-state index is 0.211. The molecule has 2 N–H and O–H groups in total. The summed E-state index contributed by atoms with van der Waals surface area (Å²) in [6, 6.07) is 4.02. The van der Waals surface area contributed by atoms with Crippen molar-refractivity contribution in [2.75, 3.05) is 12.5 Å². The first-order valence-electron chi connectivity index (χ1n) is 6.47. The van der Waals surface area contributed by atoms with Gasteiger partial charge in [0.1, 0.15) is 0 Å². The number of hydrogen-bond donors (Lipinski definition) is 1. The van der Waals surface area contributed by atoms with Crippen LogP contribution in [0.2, 0.25) is 5.02 Å². The second-order valence-corrected chi connectivity index (χ2v) is 6.25. The predicted octanol–water partition coefficient (Wildman–Crippen LogP) is 3.12. The zero-order valence-corrected chi connectivity index (χ0v) is 13.2. The molecule has 112 valence electrons. The van der Waals surface area contributed by atoms with Crippen molar-refractivity contribution in [3.8, 4) is 11.5 Å². The number of nitrogens with zero attached hydrogens (tertiary/aromatic N) is 3.